The molecule has 2 N–H and O–H groups in total. The van der Waals surface area contributed by atoms with Gasteiger partial charge in [0.1, 0.15) is 10.7 Å². The van der Waals surface area contributed by atoms with E-state index in [0.717, 1.165) is 22.4 Å². The molecular formula is C25H25N3O2S2. The molecule has 0 aliphatic carbocycles. The molecule has 2 aromatic heterocycles. The van der Waals surface area contributed by atoms with Crippen LogP contribution in [0.1, 0.15) is 32.2 Å². The number of carbonyl (C=O) groups is 1. The third-order valence-electron chi connectivity index (χ3n) is 5.06. The molecule has 7 heteroatoms. The summed E-state index contributed by atoms with van der Waals surface area (Å²) in [5.41, 5.74) is 3.63. The smallest absolute Gasteiger partial charge is 0.260 e. The number of aromatic amines is 1. The van der Waals surface area contributed by atoms with E-state index >= 15 is 0 Å². The Morgan fingerprint density at radius 3 is 2.56 bits per heavy atom. The van der Waals surface area contributed by atoms with Gasteiger partial charge in [0.2, 0.25) is 5.91 Å². The number of hydrogen-bond donors (Lipinski definition) is 2. The second kappa shape index (κ2) is 9.30. The fraction of sp³-hybridized carbons (Fsp3) is 0.240. The van der Waals surface area contributed by atoms with Gasteiger partial charge in [-0.05, 0) is 22.6 Å². The molecule has 0 spiro atoms. The maximum atomic E-state index is 12.7. The van der Waals surface area contributed by atoms with Crippen LogP contribution in [0.4, 0.5) is 5.69 Å². The number of benzene rings is 2. The van der Waals surface area contributed by atoms with Crippen molar-refractivity contribution in [2.75, 3.05) is 11.1 Å². The SMILES string of the molecule is CC(C)(C)c1ccccc1NC(=O)CSCc1nc2scc(-c3ccccc3)c2c(=O)[nH]1. The minimum Gasteiger partial charge on any atom is -0.325 e. The summed E-state index contributed by atoms with van der Waals surface area (Å²) >= 11 is 2.89. The van der Waals surface area contributed by atoms with E-state index in [1.54, 1.807) is 0 Å². The molecule has 4 rings (SSSR count). The average Bonchev–Trinajstić information content (AvgIpc) is 3.19. The molecule has 0 aliphatic heterocycles. The predicted molar refractivity (Wildman–Crippen MR) is 136 cm³/mol. The first-order valence-electron chi connectivity index (χ1n) is 10.4. The molecule has 0 radical (unpaired) electrons. The third-order valence-corrected chi connectivity index (χ3v) is 6.87. The van der Waals surface area contributed by atoms with Gasteiger partial charge in [-0.3, -0.25) is 9.59 Å². The zero-order valence-corrected chi connectivity index (χ0v) is 19.9. The Labute approximate surface area is 195 Å². The lowest BCUT2D eigenvalue weighted by Gasteiger charge is -2.22. The van der Waals surface area contributed by atoms with Crippen molar-refractivity contribution in [3.63, 3.8) is 0 Å². The fourth-order valence-corrected chi connectivity index (χ4v) is 5.22. The minimum atomic E-state index is -0.144. The molecule has 164 valence electrons. The summed E-state index contributed by atoms with van der Waals surface area (Å²) in [7, 11) is 0. The van der Waals surface area contributed by atoms with Crippen molar-refractivity contribution in [2.24, 2.45) is 0 Å². The van der Waals surface area contributed by atoms with E-state index in [1.807, 2.05) is 60.0 Å². The van der Waals surface area contributed by atoms with E-state index in [2.05, 4.69) is 36.1 Å². The summed E-state index contributed by atoms with van der Waals surface area (Å²) in [6.45, 7) is 6.37. The van der Waals surface area contributed by atoms with Gasteiger partial charge >= 0.3 is 0 Å². The van der Waals surface area contributed by atoms with Gasteiger partial charge in [-0.15, -0.1) is 23.1 Å². The molecule has 5 nitrogen and oxygen atoms in total. The zero-order chi connectivity index (χ0) is 22.7. The highest BCUT2D eigenvalue weighted by atomic mass is 32.2. The van der Waals surface area contributed by atoms with Gasteiger partial charge < -0.3 is 10.3 Å². The van der Waals surface area contributed by atoms with E-state index in [9.17, 15) is 9.59 Å². The lowest BCUT2D eigenvalue weighted by molar-refractivity contribution is -0.113. The van der Waals surface area contributed by atoms with Crippen LogP contribution in [0.25, 0.3) is 21.3 Å². The summed E-state index contributed by atoms with van der Waals surface area (Å²) in [5, 5.41) is 5.60. The standard InChI is InChI=1S/C25H25N3O2S2/c1-25(2,3)18-11-7-8-12-19(18)26-21(29)15-31-14-20-27-23(30)22-17(13-32-24(22)28-20)16-9-5-4-6-10-16/h4-13H,14-15H2,1-3H3,(H,26,29)(H,27,28,30). The Kier molecular flexibility index (Phi) is 6.48. The average molecular weight is 464 g/mol. The summed E-state index contributed by atoms with van der Waals surface area (Å²) < 4.78 is 0. The molecule has 32 heavy (non-hydrogen) atoms. The van der Waals surface area contributed by atoms with Crippen LogP contribution in [0, 0.1) is 0 Å². The first kappa shape index (κ1) is 22.3. The lowest BCUT2D eigenvalue weighted by atomic mass is 9.86. The highest BCUT2D eigenvalue weighted by Crippen LogP contribution is 2.31. The summed E-state index contributed by atoms with van der Waals surface area (Å²) in [6, 6.07) is 17.7. The van der Waals surface area contributed by atoms with Crippen molar-refractivity contribution in [1.82, 2.24) is 9.97 Å². The van der Waals surface area contributed by atoms with Gasteiger partial charge in [-0.25, -0.2) is 4.98 Å². The number of fused-ring (bicyclic) bond motifs is 1. The van der Waals surface area contributed by atoms with Gasteiger partial charge in [0.25, 0.3) is 5.56 Å². The quantitative estimate of drug-likeness (QED) is 0.378. The van der Waals surface area contributed by atoms with Crippen LogP contribution in [0.2, 0.25) is 0 Å². The Balaban J connectivity index is 1.42. The minimum absolute atomic E-state index is 0.0604. The largest absolute Gasteiger partial charge is 0.325 e. The number of nitrogens with one attached hydrogen (secondary N) is 2. The molecule has 1 amide bonds. The lowest BCUT2D eigenvalue weighted by Crippen LogP contribution is -2.20. The van der Waals surface area contributed by atoms with Crippen LogP contribution >= 0.6 is 23.1 Å². The van der Waals surface area contributed by atoms with Gasteiger partial charge in [-0.2, -0.15) is 0 Å². The highest BCUT2D eigenvalue weighted by molar-refractivity contribution is 7.99. The topological polar surface area (TPSA) is 74.8 Å². The van der Waals surface area contributed by atoms with E-state index < -0.39 is 0 Å². The first-order valence-corrected chi connectivity index (χ1v) is 12.4. The first-order chi connectivity index (χ1) is 15.3. The molecule has 4 aromatic rings. The summed E-state index contributed by atoms with van der Waals surface area (Å²) in [4.78, 5) is 33.5. The van der Waals surface area contributed by atoms with Crippen LogP contribution < -0.4 is 10.9 Å². The second-order valence-electron chi connectivity index (χ2n) is 8.54. The number of aromatic nitrogens is 2. The Hall–Kier alpha value is -2.90. The maximum absolute atomic E-state index is 12.7. The summed E-state index contributed by atoms with van der Waals surface area (Å²) in [6.07, 6.45) is 0. The number of rotatable bonds is 6. The molecule has 0 bridgehead atoms. The highest BCUT2D eigenvalue weighted by Gasteiger charge is 2.18. The number of H-pyrrole nitrogens is 1. The van der Waals surface area contributed by atoms with Crippen LogP contribution in [0.15, 0.2) is 64.8 Å². The molecule has 0 saturated carbocycles. The second-order valence-corrected chi connectivity index (χ2v) is 10.4. The van der Waals surface area contributed by atoms with Crippen molar-refractivity contribution < 1.29 is 4.79 Å². The van der Waals surface area contributed by atoms with E-state index in [4.69, 9.17) is 0 Å². The van der Waals surface area contributed by atoms with Gasteiger partial charge in [-0.1, -0.05) is 69.3 Å². The molecule has 0 unspecified atom stereocenters. The molecule has 2 heterocycles. The van der Waals surface area contributed by atoms with Gasteiger partial charge in [0, 0.05) is 16.6 Å². The van der Waals surface area contributed by atoms with Crippen LogP contribution in [-0.4, -0.2) is 21.6 Å². The number of nitrogens with zero attached hydrogens (tertiary/aromatic N) is 1. The maximum Gasteiger partial charge on any atom is 0.260 e. The van der Waals surface area contributed by atoms with Crippen LogP contribution in [-0.2, 0) is 16.0 Å². The molecular weight excluding hydrogens is 438 g/mol. The monoisotopic (exact) mass is 463 g/mol. The number of thioether (sulfide) groups is 1. The van der Waals surface area contributed by atoms with Crippen molar-refractivity contribution in [3.05, 3.63) is 81.7 Å². The number of hydrogen-bond acceptors (Lipinski definition) is 5. The number of para-hydroxylation sites is 1. The Bertz CT molecular complexity index is 1300. The van der Waals surface area contributed by atoms with Crippen molar-refractivity contribution in [1.29, 1.82) is 0 Å². The predicted octanol–water partition coefficient (Wildman–Crippen LogP) is 5.82. The Morgan fingerprint density at radius 1 is 1.09 bits per heavy atom. The zero-order valence-electron chi connectivity index (χ0n) is 18.3. The van der Waals surface area contributed by atoms with Crippen molar-refractivity contribution >= 4 is 44.9 Å². The molecule has 2 aromatic carbocycles. The van der Waals surface area contributed by atoms with Crippen molar-refractivity contribution in [3.8, 4) is 11.1 Å². The van der Waals surface area contributed by atoms with Gasteiger partial charge in [0.15, 0.2) is 0 Å². The number of amides is 1. The van der Waals surface area contributed by atoms with Crippen LogP contribution in [0.3, 0.4) is 0 Å². The number of anilines is 1. The Morgan fingerprint density at radius 2 is 1.81 bits per heavy atom. The number of thiophene rings is 1. The number of carbonyl (C=O) groups excluding carboxylic acids is 1. The normalized spacial score (nSPS) is 11.6. The fourth-order valence-electron chi connectivity index (χ4n) is 3.56. The molecule has 0 saturated heterocycles. The molecule has 0 atom stereocenters. The van der Waals surface area contributed by atoms with E-state index in [-0.39, 0.29) is 22.6 Å². The third kappa shape index (κ3) is 4.95. The van der Waals surface area contributed by atoms with E-state index in [0.29, 0.717) is 21.8 Å². The molecule has 0 aliphatic rings. The van der Waals surface area contributed by atoms with Crippen molar-refractivity contribution in [2.45, 2.75) is 31.9 Å². The molecule has 0 fully saturated rings. The van der Waals surface area contributed by atoms with E-state index in [1.165, 1.54) is 23.1 Å². The summed E-state index contributed by atoms with van der Waals surface area (Å²) in [5.74, 6) is 1.24. The van der Waals surface area contributed by atoms with Crippen LogP contribution in [0.5, 0.6) is 0 Å². The van der Waals surface area contributed by atoms with Gasteiger partial charge in [0.05, 0.1) is 16.9 Å².